The van der Waals surface area contributed by atoms with Crippen LogP contribution in [0.15, 0.2) is 24.3 Å². The van der Waals surface area contributed by atoms with Crippen LogP contribution in [-0.4, -0.2) is 37.2 Å². The third-order valence-corrected chi connectivity index (χ3v) is 13.7. The van der Waals surface area contributed by atoms with Crippen LogP contribution in [0, 0.1) is 0 Å². The summed E-state index contributed by atoms with van der Waals surface area (Å²) in [5, 5.41) is 0. The van der Waals surface area contributed by atoms with Crippen LogP contribution in [0.25, 0.3) is 0 Å². The number of esters is 3. The molecule has 0 fully saturated rings. The first-order valence-electron chi connectivity index (χ1n) is 30.3. The molecule has 0 spiro atoms. The summed E-state index contributed by atoms with van der Waals surface area (Å²) in [5.74, 6) is -0.848. The van der Waals surface area contributed by atoms with Gasteiger partial charge in [0.05, 0.1) is 0 Å². The Labute approximate surface area is 423 Å². The van der Waals surface area contributed by atoms with Crippen molar-refractivity contribution in [1.82, 2.24) is 0 Å². The third kappa shape index (κ3) is 54.8. The molecule has 1 atom stereocenters. The minimum Gasteiger partial charge on any atom is -0.462 e. The highest BCUT2D eigenvalue weighted by atomic mass is 16.6. The smallest absolute Gasteiger partial charge is 0.306 e. The molecule has 0 N–H and O–H groups in total. The number of hydrogen-bond acceptors (Lipinski definition) is 6. The molecule has 0 aliphatic rings. The molecular formula is C62H116O6. The van der Waals surface area contributed by atoms with Gasteiger partial charge in [0.2, 0.25) is 0 Å². The lowest BCUT2D eigenvalue weighted by Crippen LogP contribution is -2.30. The van der Waals surface area contributed by atoms with Crippen LogP contribution in [0.5, 0.6) is 0 Å². The number of carbonyl (C=O) groups is 3. The van der Waals surface area contributed by atoms with Gasteiger partial charge in [0.25, 0.3) is 0 Å². The van der Waals surface area contributed by atoms with Crippen molar-refractivity contribution < 1.29 is 28.6 Å². The Balaban J connectivity index is 4.08. The number of hydrogen-bond donors (Lipinski definition) is 0. The van der Waals surface area contributed by atoms with E-state index in [4.69, 9.17) is 14.2 Å². The van der Waals surface area contributed by atoms with Crippen molar-refractivity contribution in [2.24, 2.45) is 0 Å². The molecule has 400 valence electrons. The summed E-state index contributed by atoms with van der Waals surface area (Å²) in [7, 11) is 0. The minimum absolute atomic E-state index is 0.0654. The van der Waals surface area contributed by atoms with Crippen molar-refractivity contribution in [2.45, 2.75) is 341 Å². The second kappa shape index (κ2) is 57.5. The Hall–Kier alpha value is -2.11. The fraction of sp³-hybridized carbons (Fsp3) is 0.887. The van der Waals surface area contributed by atoms with Crippen molar-refractivity contribution in [3.8, 4) is 0 Å². The first kappa shape index (κ1) is 65.9. The molecule has 0 heterocycles. The maximum atomic E-state index is 12.8. The van der Waals surface area contributed by atoms with Gasteiger partial charge in [0.15, 0.2) is 6.10 Å². The Kier molecular flexibility index (Phi) is 55.7. The Morgan fingerprint density at radius 3 is 0.809 bits per heavy atom. The highest BCUT2D eigenvalue weighted by Gasteiger charge is 2.19. The van der Waals surface area contributed by atoms with Gasteiger partial charge in [0.1, 0.15) is 13.2 Å². The lowest BCUT2D eigenvalue weighted by Gasteiger charge is -2.18. The van der Waals surface area contributed by atoms with E-state index in [2.05, 4.69) is 45.1 Å². The van der Waals surface area contributed by atoms with E-state index >= 15 is 0 Å². The van der Waals surface area contributed by atoms with Gasteiger partial charge in [-0.2, -0.15) is 0 Å². The molecule has 0 rings (SSSR count). The van der Waals surface area contributed by atoms with Crippen LogP contribution in [-0.2, 0) is 28.6 Å². The average Bonchev–Trinajstić information content (AvgIpc) is 3.34. The van der Waals surface area contributed by atoms with E-state index in [1.54, 1.807) is 0 Å². The number of ether oxygens (including phenoxy) is 3. The molecule has 0 aliphatic carbocycles. The fourth-order valence-electron chi connectivity index (χ4n) is 9.12. The second-order valence-corrected chi connectivity index (χ2v) is 20.6. The summed E-state index contributed by atoms with van der Waals surface area (Å²) >= 11 is 0. The summed E-state index contributed by atoms with van der Waals surface area (Å²) < 4.78 is 16.8. The van der Waals surface area contributed by atoms with Crippen LogP contribution in [0.3, 0.4) is 0 Å². The van der Waals surface area contributed by atoms with Gasteiger partial charge in [-0.25, -0.2) is 0 Å². The molecule has 0 aromatic carbocycles. The van der Waals surface area contributed by atoms with E-state index in [1.807, 2.05) is 0 Å². The molecule has 0 bridgehead atoms. The van der Waals surface area contributed by atoms with Gasteiger partial charge < -0.3 is 14.2 Å². The predicted octanol–water partition coefficient (Wildman–Crippen LogP) is 20.3. The van der Waals surface area contributed by atoms with E-state index < -0.39 is 6.10 Å². The Morgan fingerprint density at radius 1 is 0.294 bits per heavy atom. The monoisotopic (exact) mass is 957 g/mol. The molecule has 0 aromatic heterocycles. The Bertz CT molecular complexity index is 1100. The zero-order valence-electron chi connectivity index (χ0n) is 45.9. The van der Waals surface area contributed by atoms with Crippen LogP contribution >= 0.6 is 0 Å². The van der Waals surface area contributed by atoms with E-state index in [0.717, 1.165) is 64.2 Å². The molecule has 6 nitrogen and oxygen atoms in total. The average molecular weight is 958 g/mol. The second-order valence-electron chi connectivity index (χ2n) is 20.6. The molecule has 0 saturated heterocycles. The topological polar surface area (TPSA) is 78.9 Å². The normalized spacial score (nSPS) is 12.1. The van der Waals surface area contributed by atoms with Gasteiger partial charge >= 0.3 is 17.9 Å². The molecule has 6 heteroatoms. The molecular weight excluding hydrogens is 841 g/mol. The van der Waals surface area contributed by atoms with Crippen LogP contribution in [0.4, 0.5) is 0 Å². The van der Waals surface area contributed by atoms with Gasteiger partial charge in [0, 0.05) is 19.3 Å². The van der Waals surface area contributed by atoms with Gasteiger partial charge in [-0.1, -0.05) is 289 Å². The fourth-order valence-corrected chi connectivity index (χ4v) is 9.12. The van der Waals surface area contributed by atoms with Gasteiger partial charge in [-0.05, 0) is 51.4 Å². The van der Waals surface area contributed by atoms with E-state index in [-0.39, 0.29) is 31.1 Å². The van der Waals surface area contributed by atoms with E-state index in [0.29, 0.717) is 19.3 Å². The molecule has 0 amide bonds. The van der Waals surface area contributed by atoms with Crippen LogP contribution in [0.2, 0.25) is 0 Å². The predicted molar refractivity (Wildman–Crippen MR) is 293 cm³/mol. The zero-order valence-corrected chi connectivity index (χ0v) is 45.9. The van der Waals surface area contributed by atoms with Crippen molar-refractivity contribution in [2.75, 3.05) is 13.2 Å². The summed E-state index contributed by atoms with van der Waals surface area (Å²) in [6, 6.07) is 0. The largest absolute Gasteiger partial charge is 0.462 e. The number of carbonyl (C=O) groups excluding carboxylic acids is 3. The minimum atomic E-state index is -0.764. The van der Waals surface area contributed by atoms with E-state index in [1.165, 1.54) is 231 Å². The lowest BCUT2D eigenvalue weighted by atomic mass is 10.0. The SMILES string of the molecule is CCCCCCC/C=C\C/C=C\CCCCCCCCCCCCCCCCCC(=O)OCC(COC(=O)CCCCCCCCCC)OC(=O)CCCCCCCCCCCCCCCCC. The molecule has 0 aliphatic heterocycles. The lowest BCUT2D eigenvalue weighted by molar-refractivity contribution is -0.167. The van der Waals surface area contributed by atoms with Crippen LogP contribution in [0.1, 0.15) is 335 Å². The first-order valence-corrected chi connectivity index (χ1v) is 30.3. The summed E-state index contributed by atoms with van der Waals surface area (Å²) in [5.41, 5.74) is 0. The van der Waals surface area contributed by atoms with Gasteiger partial charge in [-0.15, -0.1) is 0 Å². The standard InChI is InChI=1S/C62H116O6/c1-4-7-10-13-16-19-21-23-25-26-27-28-29-30-31-32-33-34-35-36-38-39-41-43-46-49-52-55-61(64)67-58-59(57-66-60(63)54-51-48-45-18-15-12-9-6-3)68-62(65)56-53-50-47-44-42-40-37-24-22-20-17-14-11-8-5-2/h21,23,26-27,59H,4-20,22,24-25,28-58H2,1-3H3/b23-21-,27-26-. The molecule has 0 aromatic rings. The van der Waals surface area contributed by atoms with Crippen molar-refractivity contribution in [3.05, 3.63) is 24.3 Å². The zero-order chi connectivity index (χ0) is 49.3. The van der Waals surface area contributed by atoms with E-state index in [9.17, 15) is 14.4 Å². The summed E-state index contributed by atoms with van der Waals surface area (Å²) in [6.07, 6.45) is 67.7. The Morgan fingerprint density at radius 2 is 0.529 bits per heavy atom. The maximum Gasteiger partial charge on any atom is 0.306 e. The number of allylic oxidation sites excluding steroid dienone is 4. The molecule has 1 unspecified atom stereocenters. The highest BCUT2D eigenvalue weighted by molar-refractivity contribution is 5.71. The van der Waals surface area contributed by atoms with Crippen molar-refractivity contribution in [3.63, 3.8) is 0 Å². The molecule has 68 heavy (non-hydrogen) atoms. The van der Waals surface area contributed by atoms with Gasteiger partial charge in [-0.3, -0.25) is 14.4 Å². The maximum absolute atomic E-state index is 12.8. The third-order valence-electron chi connectivity index (χ3n) is 13.7. The molecule has 0 radical (unpaired) electrons. The first-order chi connectivity index (χ1) is 33.5. The van der Waals surface area contributed by atoms with Crippen LogP contribution < -0.4 is 0 Å². The van der Waals surface area contributed by atoms with Crippen molar-refractivity contribution in [1.29, 1.82) is 0 Å². The quantitative estimate of drug-likeness (QED) is 0.0262. The molecule has 0 saturated carbocycles. The number of rotatable bonds is 56. The number of unbranched alkanes of at least 4 members (excludes halogenated alkanes) is 41. The summed E-state index contributed by atoms with van der Waals surface area (Å²) in [4.78, 5) is 38.0. The summed E-state index contributed by atoms with van der Waals surface area (Å²) in [6.45, 7) is 6.65. The highest BCUT2D eigenvalue weighted by Crippen LogP contribution is 2.17. The van der Waals surface area contributed by atoms with Crippen molar-refractivity contribution >= 4 is 17.9 Å².